The quantitative estimate of drug-likeness (QED) is 0.687. The third-order valence-electron chi connectivity index (χ3n) is 4.47. The van der Waals surface area contributed by atoms with E-state index in [4.69, 9.17) is 21.1 Å². The first-order chi connectivity index (χ1) is 14.2. The Kier molecular flexibility index (Phi) is 6.40. The first-order valence-corrected chi connectivity index (χ1v) is 9.33. The lowest BCUT2D eigenvalue weighted by Gasteiger charge is -2.28. The van der Waals surface area contributed by atoms with E-state index in [0.717, 1.165) is 17.7 Å². The minimum atomic E-state index is -1.53. The number of guanidine groups is 1. The number of benzene rings is 2. The molecule has 0 amide bonds. The fourth-order valence-electron chi connectivity index (χ4n) is 2.86. The molecular weight excluding hydrogens is 421 g/mol. The zero-order chi connectivity index (χ0) is 22.0. The molecule has 0 aromatic heterocycles. The van der Waals surface area contributed by atoms with E-state index in [2.05, 4.69) is 15.4 Å². The summed E-state index contributed by atoms with van der Waals surface area (Å²) in [6, 6.07) is 4.90. The van der Waals surface area contributed by atoms with Crippen LogP contribution in [0.15, 0.2) is 34.4 Å². The minimum absolute atomic E-state index is 0.0881. The number of hydrogen-bond acceptors (Lipinski definition) is 6. The molecule has 0 saturated heterocycles. The van der Waals surface area contributed by atoms with Crippen LogP contribution in [0.3, 0.4) is 0 Å². The minimum Gasteiger partial charge on any atom is -0.493 e. The zero-order valence-electron chi connectivity index (χ0n) is 16.8. The smallest absolute Gasteiger partial charge is 0.220 e. The predicted molar refractivity (Wildman–Crippen MR) is 110 cm³/mol. The highest BCUT2D eigenvalue weighted by molar-refractivity contribution is 6.66. The Labute approximate surface area is 176 Å². The molecule has 1 heterocycles. The molecule has 0 fully saturated rings. The van der Waals surface area contributed by atoms with Crippen LogP contribution < -0.4 is 14.8 Å². The van der Waals surface area contributed by atoms with Crippen LogP contribution in [0.2, 0.25) is 0 Å². The second-order valence-electron chi connectivity index (χ2n) is 6.63. The monoisotopic (exact) mass is 440 g/mol. The van der Waals surface area contributed by atoms with Crippen LogP contribution >= 0.6 is 11.6 Å². The van der Waals surface area contributed by atoms with Gasteiger partial charge >= 0.3 is 0 Å². The lowest BCUT2D eigenvalue weighted by molar-refractivity contribution is 0.355. The van der Waals surface area contributed by atoms with Gasteiger partial charge in [0.2, 0.25) is 5.96 Å². The normalized spacial score (nSPS) is 16.1. The number of aliphatic imine (C=N–C) groups is 1. The number of hydrazone groups is 1. The summed E-state index contributed by atoms with van der Waals surface area (Å²) in [6.07, 6.45) is 0. The van der Waals surface area contributed by atoms with Gasteiger partial charge in [-0.2, -0.15) is 5.10 Å². The summed E-state index contributed by atoms with van der Waals surface area (Å²) >= 11 is 6.13. The summed E-state index contributed by atoms with van der Waals surface area (Å²) in [5, 5.41) is 8.95. The van der Waals surface area contributed by atoms with Crippen molar-refractivity contribution in [3.05, 3.63) is 52.8 Å². The van der Waals surface area contributed by atoms with Crippen LogP contribution in [-0.2, 0) is 6.54 Å². The Balaban J connectivity index is 1.93. The number of hydrogen-bond donors (Lipinski definition) is 1. The maximum Gasteiger partial charge on any atom is 0.220 e. The molecule has 160 valence electrons. The Bertz CT molecular complexity index is 1010. The van der Waals surface area contributed by atoms with Crippen molar-refractivity contribution in [2.45, 2.75) is 26.4 Å². The Morgan fingerprint density at radius 2 is 1.67 bits per heavy atom. The molecule has 2 aromatic carbocycles. The van der Waals surface area contributed by atoms with Gasteiger partial charge in [0.25, 0.3) is 0 Å². The van der Waals surface area contributed by atoms with E-state index in [-0.39, 0.29) is 17.3 Å². The van der Waals surface area contributed by atoms with Crippen LogP contribution in [0.25, 0.3) is 0 Å². The molecule has 0 radical (unpaired) electrons. The van der Waals surface area contributed by atoms with Gasteiger partial charge in [-0.3, -0.25) is 0 Å². The van der Waals surface area contributed by atoms with Crippen molar-refractivity contribution in [2.75, 3.05) is 19.5 Å². The van der Waals surface area contributed by atoms with E-state index in [1.165, 1.54) is 19.2 Å². The first kappa shape index (κ1) is 21.8. The molecule has 1 unspecified atom stereocenters. The number of rotatable bonds is 5. The third-order valence-corrected chi connectivity index (χ3v) is 4.87. The van der Waals surface area contributed by atoms with Gasteiger partial charge in [0.1, 0.15) is 6.04 Å². The van der Waals surface area contributed by atoms with Crippen LogP contribution in [0.1, 0.15) is 18.1 Å². The molecule has 2 aromatic rings. The molecule has 0 bridgehead atoms. The summed E-state index contributed by atoms with van der Waals surface area (Å²) in [5.41, 5.74) is 1.66. The van der Waals surface area contributed by atoms with E-state index in [0.29, 0.717) is 23.1 Å². The molecule has 1 atom stereocenters. The van der Waals surface area contributed by atoms with Gasteiger partial charge < -0.3 is 14.8 Å². The maximum absolute atomic E-state index is 13.6. The van der Waals surface area contributed by atoms with Gasteiger partial charge in [-0.05, 0) is 43.2 Å². The molecule has 1 aliphatic heterocycles. The fraction of sp³-hybridized carbons (Fsp3) is 0.300. The largest absolute Gasteiger partial charge is 0.493 e. The second-order valence-corrected chi connectivity index (χ2v) is 7.02. The summed E-state index contributed by atoms with van der Waals surface area (Å²) in [7, 11) is 3.06. The average molecular weight is 441 g/mol. The van der Waals surface area contributed by atoms with Crippen LogP contribution in [0.5, 0.6) is 11.5 Å². The molecule has 10 heteroatoms. The molecule has 0 aliphatic carbocycles. The van der Waals surface area contributed by atoms with E-state index in [1.54, 1.807) is 19.1 Å². The van der Waals surface area contributed by atoms with Crippen molar-refractivity contribution < 1.29 is 22.6 Å². The topological polar surface area (TPSA) is 58.5 Å². The number of ether oxygens (including phenoxy) is 2. The number of nitrogens with one attached hydrogen (secondary N) is 1. The van der Waals surface area contributed by atoms with E-state index in [1.807, 2.05) is 6.92 Å². The van der Waals surface area contributed by atoms with Crippen LogP contribution in [0, 0.1) is 24.4 Å². The molecule has 6 nitrogen and oxygen atoms in total. The lowest BCUT2D eigenvalue weighted by Crippen LogP contribution is -2.38. The van der Waals surface area contributed by atoms with Crippen LogP contribution in [-0.4, -0.2) is 36.4 Å². The molecule has 3 rings (SSSR count). The number of halogens is 4. The number of methoxy groups -OCH3 is 2. The van der Waals surface area contributed by atoms with Gasteiger partial charge in [-0.15, -0.1) is 0 Å². The van der Waals surface area contributed by atoms with Gasteiger partial charge in [0, 0.05) is 11.8 Å². The van der Waals surface area contributed by atoms with E-state index < -0.39 is 23.5 Å². The molecular formula is C20H20ClF3N4O2. The van der Waals surface area contributed by atoms with Crippen molar-refractivity contribution >= 4 is 28.4 Å². The van der Waals surface area contributed by atoms with Crippen molar-refractivity contribution in [2.24, 2.45) is 10.1 Å². The number of aryl methyl sites for hydroxylation is 1. The number of anilines is 1. The number of nitrogens with zero attached hydrogens (tertiary/aromatic N) is 3. The molecule has 30 heavy (non-hydrogen) atoms. The van der Waals surface area contributed by atoms with Gasteiger partial charge in [0.15, 0.2) is 34.1 Å². The average Bonchev–Trinajstić information content (AvgIpc) is 2.70. The summed E-state index contributed by atoms with van der Waals surface area (Å²) in [4.78, 5) is 4.47. The van der Waals surface area contributed by atoms with Gasteiger partial charge in [-0.1, -0.05) is 11.6 Å². The standard InChI is InChI=1S/C20H20ClF3N4O2/c1-10-5-16(29-3)17(30-4)8-15(10)26-20-25-11(2)19(21)27-28(20)9-12-6-13(22)18(24)14(23)7-12/h5-8,11H,9H2,1-4H3,(H,25,26). The predicted octanol–water partition coefficient (Wildman–Crippen LogP) is 4.65. The van der Waals surface area contributed by atoms with E-state index in [9.17, 15) is 13.2 Å². The lowest BCUT2D eigenvalue weighted by atomic mass is 10.1. The molecule has 1 aliphatic rings. The van der Waals surface area contributed by atoms with E-state index >= 15 is 0 Å². The SMILES string of the molecule is COc1cc(C)c(NC2=NC(C)C(Cl)=NN2Cc2cc(F)c(F)c(F)c2)cc1OC. The fourth-order valence-corrected chi connectivity index (χ4v) is 3.00. The Morgan fingerprint density at radius 3 is 2.27 bits per heavy atom. The summed E-state index contributed by atoms with van der Waals surface area (Å²) < 4.78 is 51.1. The summed E-state index contributed by atoms with van der Waals surface area (Å²) in [6.45, 7) is 3.53. The van der Waals surface area contributed by atoms with Crippen molar-refractivity contribution in [3.8, 4) is 11.5 Å². The van der Waals surface area contributed by atoms with Crippen molar-refractivity contribution in [3.63, 3.8) is 0 Å². The maximum atomic E-state index is 13.6. The first-order valence-electron chi connectivity index (χ1n) is 8.95. The second kappa shape index (κ2) is 8.83. The zero-order valence-corrected chi connectivity index (χ0v) is 17.5. The highest BCUT2D eigenvalue weighted by Gasteiger charge is 2.24. The molecule has 0 spiro atoms. The van der Waals surface area contributed by atoms with Gasteiger partial charge in [-0.25, -0.2) is 23.2 Å². The Morgan fingerprint density at radius 1 is 1.07 bits per heavy atom. The molecule has 0 saturated carbocycles. The van der Waals surface area contributed by atoms with Crippen LogP contribution in [0.4, 0.5) is 18.9 Å². The highest BCUT2D eigenvalue weighted by atomic mass is 35.5. The third kappa shape index (κ3) is 4.46. The molecule has 1 N–H and O–H groups in total. The van der Waals surface area contributed by atoms with Crippen molar-refractivity contribution in [1.82, 2.24) is 5.01 Å². The van der Waals surface area contributed by atoms with Gasteiger partial charge in [0.05, 0.1) is 20.8 Å². The highest BCUT2D eigenvalue weighted by Crippen LogP contribution is 2.33. The Hall–Kier alpha value is -2.94. The van der Waals surface area contributed by atoms with Crippen molar-refractivity contribution in [1.29, 1.82) is 0 Å². The summed E-state index contributed by atoms with van der Waals surface area (Å²) in [5.74, 6) is -2.73.